The number of amides is 2. The predicted molar refractivity (Wildman–Crippen MR) is 129 cm³/mol. The van der Waals surface area contributed by atoms with E-state index in [1.165, 1.54) is 24.4 Å². The Morgan fingerprint density at radius 1 is 1.20 bits per heavy atom. The van der Waals surface area contributed by atoms with E-state index in [1.54, 1.807) is 35.2 Å². The molecular weight excluding hydrogens is 449 g/mol. The highest BCUT2D eigenvalue weighted by Gasteiger charge is 2.33. The second-order valence-corrected chi connectivity index (χ2v) is 8.58. The number of urea groups is 1. The Labute approximate surface area is 202 Å². The number of hydrogen-bond donors (Lipinski definition) is 2. The van der Waals surface area contributed by atoms with Crippen molar-refractivity contribution in [2.45, 2.75) is 19.9 Å². The highest BCUT2D eigenvalue weighted by Crippen LogP contribution is 2.21. The fourth-order valence-corrected chi connectivity index (χ4v) is 4.20. The maximum atomic E-state index is 13.5. The minimum atomic E-state index is -0.424. The molecule has 2 amide bonds. The summed E-state index contributed by atoms with van der Waals surface area (Å²) >= 11 is 0. The molecule has 0 saturated carbocycles. The van der Waals surface area contributed by atoms with Crippen LogP contribution >= 0.6 is 0 Å². The SMILES string of the molecule is CC(C)C1CN(C(=O)Nc2cccc(F)c2)CCN1C(=NC#N)N=c1cccc2n(O)cccc1-2. The van der Waals surface area contributed by atoms with Crippen molar-refractivity contribution in [1.82, 2.24) is 14.5 Å². The summed E-state index contributed by atoms with van der Waals surface area (Å²) in [6.07, 6.45) is 3.37. The number of nitrogens with one attached hydrogen (secondary N) is 1. The summed E-state index contributed by atoms with van der Waals surface area (Å²) < 4.78 is 14.5. The number of nitrogens with zero attached hydrogens (tertiary/aromatic N) is 6. The maximum Gasteiger partial charge on any atom is 0.321 e. The van der Waals surface area contributed by atoms with Crippen LogP contribution in [0.1, 0.15) is 13.8 Å². The molecule has 0 aromatic heterocycles. The first kappa shape index (κ1) is 23.8. The van der Waals surface area contributed by atoms with Crippen LogP contribution in [0.5, 0.6) is 0 Å². The van der Waals surface area contributed by atoms with Gasteiger partial charge in [0.25, 0.3) is 0 Å². The minimum absolute atomic E-state index is 0.117. The number of carbonyl (C=O) groups excluding carboxylic acids is 1. The molecule has 2 aliphatic heterocycles. The average Bonchev–Trinajstić information content (AvgIpc) is 2.84. The normalized spacial score (nSPS) is 17.1. The monoisotopic (exact) mass is 475 g/mol. The van der Waals surface area contributed by atoms with E-state index >= 15 is 0 Å². The van der Waals surface area contributed by atoms with E-state index in [0.717, 1.165) is 4.73 Å². The summed E-state index contributed by atoms with van der Waals surface area (Å²) in [5.74, 6) is -0.0602. The zero-order valence-corrected chi connectivity index (χ0v) is 19.5. The van der Waals surface area contributed by atoms with Gasteiger partial charge in [-0.3, -0.25) is 0 Å². The molecule has 1 aromatic carbocycles. The Hall–Kier alpha value is -4.39. The summed E-state index contributed by atoms with van der Waals surface area (Å²) in [7, 11) is 0. The lowest BCUT2D eigenvalue weighted by molar-refractivity contribution is 0.119. The average molecular weight is 476 g/mol. The van der Waals surface area contributed by atoms with Crippen molar-refractivity contribution in [1.29, 1.82) is 5.26 Å². The van der Waals surface area contributed by atoms with E-state index < -0.39 is 5.82 Å². The molecule has 35 heavy (non-hydrogen) atoms. The predicted octanol–water partition coefficient (Wildman–Crippen LogP) is 3.58. The molecule has 1 aliphatic carbocycles. The number of pyridine rings is 1. The van der Waals surface area contributed by atoms with Crippen LogP contribution < -0.4 is 10.7 Å². The zero-order valence-electron chi connectivity index (χ0n) is 19.5. The fourth-order valence-electron chi connectivity index (χ4n) is 4.20. The summed E-state index contributed by atoms with van der Waals surface area (Å²) in [5, 5.41) is 22.8. The van der Waals surface area contributed by atoms with E-state index in [0.29, 0.717) is 41.9 Å². The van der Waals surface area contributed by atoms with Gasteiger partial charge in [-0.05, 0) is 48.4 Å². The number of carbonyl (C=O) groups is 1. The molecule has 1 atom stereocenters. The molecule has 4 rings (SSSR count). The number of piperazine rings is 1. The first-order valence-electron chi connectivity index (χ1n) is 11.3. The highest BCUT2D eigenvalue weighted by atomic mass is 19.1. The molecule has 3 aliphatic rings. The van der Waals surface area contributed by atoms with Gasteiger partial charge in [-0.2, -0.15) is 9.99 Å². The van der Waals surface area contributed by atoms with Gasteiger partial charge in [0.05, 0.1) is 17.1 Å². The summed E-state index contributed by atoms with van der Waals surface area (Å²) in [6.45, 7) is 5.22. The molecule has 2 N–H and O–H groups in total. The lowest BCUT2D eigenvalue weighted by Gasteiger charge is -2.43. The number of benzene rings is 2. The highest BCUT2D eigenvalue weighted by molar-refractivity contribution is 5.90. The Kier molecular flexibility index (Phi) is 6.96. The Balaban J connectivity index is 1.60. The van der Waals surface area contributed by atoms with Crippen molar-refractivity contribution in [2.24, 2.45) is 15.9 Å². The number of fused-ring (bicyclic) bond motifs is 1. The van der Waals surface area contributed by atoms with Gasteiger partial charge in [-0.15, -0.1) is 4.99 Å². The van der Waals surface area contributed by atoms with Crippen LogP contribution in [0, 0.1) is 23.2 Å². The molecule has 9 nitrogen and oxygen atoms in total. The van der Waals surface area contributed by atoms with Gasteiger partial charge in [-0.25, -0.2) is 14.2 Å². The number of hydrogen-bond acceptors (Lipinski definition) is 4. The Morgan fingerprint density at radius 3 is 2.74 bits per heavy atom. The first-order chi connectivity index (χ1) is 16.9. The van der Waals surface area contributed by atoms with Crippen molar-refractivity contribution in [2.75, 3.05) is 25.0 Å². The fraction of sp³-hybridized carbons (Fsp3) is 0.280. The number of nitriles is 1. The van der Waals surface area contributed by atoms with Crippen molar-refractivity contribution >= 4 is 17.7 Å². The maximum absolute atomic E-state index is 13.5. The Bertz CT molecular complexity index is 1330. The molecule has 2 heterocycles. The number of halogens is 1. The molecule has 180 valence electrons. The summed E-state index contributed by atoms with van der Waals surface area (Å²) in [4.78, 5) is 25.2. The van der Waals surface area contributed by atoms with E-state index in [4.69, 9.17) is 0 Å². The topological polar surface area (TPSA) is 109 Å². The molecule has 0 radical (unpaired) electrons. The number of aliphatic imine (C=N–C) groups is 1. The van der Waals surface area contributed by atoms with Crippen molar-refractivity contribution < 1.29 is 14.4 Å². The molecule has 0 spiro atoms. The van der Waals surface area contributed by atoms with Crippen LogP contribution in [0.4, 0.5) is 14.9 Å². The summed E-state index contributed by atoms with van der Waals surface area (Å²) in [6, 6.07) is 14.1. The van der Waals surface area contributed by atoms with Crippen LogP contribution in [0.3, 0.4) is 0 Å². The van der Waals surface area contributed by atoms with Gasteiger partial charge in [0.15, 0.2) is 0 Å². The lowest BCUT2D eigenvalue weighted by Crippen LogP contribution is -2.58. The molecule has 10 heteroatoms. The molecule has 1 fully saturated rings. The zero-order chi connectivity index (χ0) is 24.9. The number of guanidine groups is 1. The van der Waals surface area contributed by atoms with Crippen molar-refractivity contribution in [3.63, 3.8) is 0 Å². The minimum Gasteiger partial charge on any atom is -0.428 e. The number of aromatic nitrogens is 1. The van der Waals surface area contributed by atoms with Gasteiger partial charge >= 0.3 is 6.03 Å². The van der Waals surface area contributed by atoms with Gasteiger partial charge in [0.2, 0.25) is 12.2 Å². The third-order valence-corrected chi connectivity index (χ3v) is 5.98. The first-order valence-corrected chi connectivity index (χ1v) is 11.3. The van der Waals surface area contributed by atoms with Gasteiger partial charge < -0.3 is 20.3 Å². The van der Waals surface area contributed by atoms with Crippen LogP contribution in [0.2, 0.25) is 0 Å². The van der Waals surface area contributed by atoms with Crippen LogP contribution in [-0.2, 0) is 0 Å². The van der Waals surface area contributed by atoms with Gasteiger partial charge in [0, 0.05) is 37.1 Å². The summed E-state index contributed by atoms with van der Waals surface area (Å²) in [5.41, 5.74) is 1.67. The molecular formula is C25H26FN7O2. The van der Waals surface area contributed by atoms with E-state index in [2.05, 4.69) is 15.3 Å². The smallest absolute Gasteiger partial charge is 0.321 e. The van der Waals surface area contributed by atoms with Gasteiger partial charge in [0.1, 0.15) is 5.82 Å². The van der Waals surface area contributed by atoms with E-state index in [1.807, 2.05) is 31.0 Å². The van der Waals surface area contributed by atoms with Gasteiger partial charge in [-0.1, -0.05) is 26.0 Å². The van der Waals surface area contributed by atoms with Crippen LogP contribution in [-0.4, -0.2) is 57.4 Å². The third-order valence-electron chi connectivity index (χ3n) is 5.98. The third kappa shape index (κ3) is 5.24. The van der Waals surface area contributed by atoms with Crippen molar-refractivity contribution in [3.05, 3.63) is 72.0 Å². The van der Waals surface area contributed by atoms with Crippen LogP contribution in [0.25, 0.3) is 11.3 Å². The van der Waals surface area contributed by atoms with Crippen LogP contribution in [0.15, 0.2) is 70.8 Å². The van der Waals surface area contributed by atoms with Crippen molar-refractivity contribution in [3.8, 4) is 17.5 Å². The second-order valence-electron chi connectivity index (χ2n) is 8.58. The lowest BCUT2D eigenvalue weighted by atomic mass is 10.00. The van der Waals surface area contributed by atoms with E-state index in [-0.39, 0.29) is 24.0 Å². The molecule has 0 bridgehead atoms. The number of rotatable bonds is 2. The molecule has 1 unspecified atom stereocenters. The Morgan fingerprint density at radius 2 is 2.00 bits per heavy atom. The second kappa shape index (κ2) is 10.3. The quantitative estimate of drug-likeness (QED) is 0.256. The largest absolute Gasteiger partial charge is 0.428 e. The number of anilines is 1. The molecule has 1 saturated heterocycles. The molecule has 1 aromatic rings. The van der Waals surface area contributed by atoms with E-state index in [9.17, 15) is 19.7 Å². The standard InChI is InChI=1S/C25H26FN7O2/c1-17(2)23-15-31(25(34)29-19-7-3-6-18(26)14-19)12-13-32(23)24(28-16-27)30-21-9-4-10-22-20(21)8-5-11-33(22)35/h3-11,14,17,23,35H,12-13,15H2,1-2H3,(H,29,34).